The summed E-state index contributed by atoms with van der Waals surface area (Å²) in [5, 5.41) is 33.2. The minimum Gasteiger partial charge on any atom is -0.390 e. The summed E-state index contributed by atoms with van der Waals surface area (Å²) in [5.74, 6) is 8.47. The second-order valence-corrected chi connectivity index (χ2v) is 42.7. The molecule has 8 nitrogen and oxygen atoms in total. The van der Waals surface area contributed by atoms with Crippen molar-refractivity contribution in [1.29, 1.82) is 0 Å². The van der Waals surface area contributed by atoms with Gasteiger partial charge in [-0.1, -0.05) is 133 Å². The Kier molecular flexibility index (Phi) is 23.9. The van der Waals surface area contributed by atoms with Crippen LogP contribution < -0.4 is 18.9 Å². The van der Waals surface area contributed by atoms with E-state index in [4.69, 9.17) is 4.74 Å². The van der Waals surface area contributed by atoms with Crippen LogP contribution in [0.2, 0.25) is 0 Å². The summed E-state index contributed by atoms with van der Waals surface area (Å²) in [6, 6.07) is 18.1. The second-order valence-electron chi connectivity index (χ2n) is 38.5. The molecule has 1 unspecified atom stereocenters. The summed E-state index contributed by atoms with van der Waals surface area (Å²) < 4.78 is 60.9. The van der Waals surface area contributed by atoms with Crippen LogP contribution in [0.3, 0.4) is 0 Å². The van der Waals surface area contributed by atoms with E-state index < -0.39 is 41.7 Å². The number of hydrogen-bond donors (Lipinski definition) is 3. The first-order valence-electron chi connectivity index (χ1n) is 39.0. The SMILES string of the molecule is CC(C)(C)C1CCC2(CC1)CO2.C[C@H](C(CC1(O)CCC(C(C)(C)C)CC1)S(=O)(=O)c1ccccc1)[C@H]1CC[C@H]2[C@@H]3CC[C@H]4C[C@@](C)(O)CC[C@]4(C)[C@H]3CC[C@]12C.C[C@H](CS(=O)(=O)c1ccccc1)[C@H]1CC[C@H]2[C@@H]3CC[C@H]4C[C@@](C)(O)CC[C@]4(C)[C@H]3CC[C@]12C.[CH2-]CCC.[Li+]. The number of hydrogen-bond acceptors (Lipinski definition) is 8. The molecule has 534 valence electrons. The first kappa shape index (κ1) is 77.9. The standard InChI is InChI=1S/C40H64O4S.C29H44O3S.C11H20O.C4H9.Li/c1-27(35(45(43,44)30-11-9-8-10-12-30)26-40(42)21-17-28(18-22-40)36(2,3)4)32-15-16-33-31-14-13-29-25-37(5,41)23-24-38(29,6)34(31)19-20-39(32,33)7;1-20(19-33(31,32)22-8-6-5-7-9-22)24-12-13-25-23-11-10-21-18-27(2,30)16-17-28(21,3)26(23)14-15-29(24,25)4;1-10(2,3)9-4-6-11(7-5-9)8-12-11;1-3-4-2;/h8-12,27-29,31-35,41-42H,13-26H2,1-7H3;5-9,20-21,23-26,30H,10-19H2,1-4H3;9H,4-8H2,1-3H3;1,3-4H2,2H3;/q;;;-1;+1/t27-,28?,29-,31-,32+,33-,34-,35?,37-,38-,39+,40?;20-,21+,23+,24-,25+,26+,27+,28+,29-;;;/m01.../s1. The molecule has 10 saturated carbocycles. The van der Waals surface area contributed by atoms with E-state index in [-0.39, 0.29) is 52.7 Å². The van der Waals surface area contributed by atoms with Crippen LogP contribution >= 0.6 is 0 Å². The predicted molar refractivity (Wildman–Crippen MR) is 387 cm³/mol. The molecule has 0 aromatic heterocycles. The molecule has 11 fully saturated rings. The van der Waals surface area contributed by atoms with E-state index in [1.54, 1.807) is 24.3 Å². The van der Waals surface area contributed by atoms with Gasteiger partial charge in [0.2, 0.25) is 0 Å². The number of rotatable bonds is 11. The van der Waals surface area contributed by atoms with Gasteiger partial charge in [-0.3, -0.25) is 0 Å². The Labute approximate surface area is 594 Å². The molecule has 11 aliphatic rings. The van der Waals surface area contributed by atoms with Crippen LogP contribution in [0.1, 0.15) is 290 Å². The number of aliphatic hydroxyl groups is 3. The zero-order chi connectivity index (χ0) is 68.5. The summed E-state index contributed by atoms with van der Waals surface area (Å²) in [6.07, 6.45) is 32.3. The van der Waals surface area contributed by atoms with Crippen molar-refractivity contribution in [2.45, 2.75) is 328 Å². The Hall–Kier alpha value is -1.22. The van der Waals surface area contributed by atoms with Crippen molar-refractivity contribution in [2.24, 2.45) is 115 Å². The van der Waals surface area contributed by atoms with Crippen molar-refractivity contribution in [3.8, 4) is 0 Å². The monoisotopic (exact) mass is 1340 g/mol. The minimum absolute atomic E-state index is 0. The summed E-state index contributed by atoms with van der Waals surface area (Å²) in [6.45, 7) is 39.4. The number of benzene rings is 2. The maximum atomic E-state index is 14.6. The van der Waals surface area contributed by atoms with E-state index in [1.807, 2.05) is 50.2 Å². The fraction of sp³-hybridized carbons (Fsp3) is 0.845. The topological polar surface area (TPSA) is 142 Å². The molecule has 1 heterocycles. The molecular formula is C84H137LiO8S2. The van der Waals surface area contributed by atoms with Crippen LogP contribution in [-0.2, 0) is 24.4 Å². The molecule has 19 atom stereocenters. The zero-order valence-corrected chi connectivity index (χ0v) is 64.9. The van der Waals surface area contributed by atoms with Gasteiger partial charge in [0.25, 0.3) is 0 Å². The van der Waals surface area contributed by atoms with Crippen molar-refractivity contribution in [1.82, 2.24) is 0 Å². The van der Waals surface area contributed by atoms with Crippen LogP contribution in [0.25, 0.3) is 0 Å². The van der Waals surface area contributed by atoms with Gasteiger partial charge in [-0.2, -0.15) is 6.42 Å². The Balaban J connectivity index is 0.000000184. The Morgan fingerprint density at radius 3 is 1.34 bits per heavy atom. The fourth-order valence-electron chi connectivity index (χ4n) is 24.6. The maximum absolute atomic E-state index is 14.6. The van der Waals surface area contributed by atoms with Gasteiger partial charge >= 0.3 is 18.9 Å². The summed E-state index contributed by atoms with van der Waals surface area (Å²) in [5.41, 5.74) is 0.310. The summed E-state index contributed by atoms with van der Waals surface area (Å²) in [4.78, 5) is 0.886. The van der Waals surface area contributed by atoms with Gasteiger partial charge in [0.1, 0.15) is 0 Å². The van der Waals surface area contributed by atoms with E-state index in [2.05, 4.69) is 96.9 Å². The molecule has 3 N–H and O–H groups in total. The second kappa shape index (κ2) is 29.1. The normalized spacial score (nSPS) is 43.0. The molecule has 0 radical (unpaired) electrons. The number of fused-ring (bicyclic) bond motifs is 10. The van der Waals surface area contributed by atoms with E-state index in [9.17, 15) is 32.2 Å². The van der Waals surface area contributed by atoms with Crippen molar-refractivity contribution in [2.75, 3.05) is 12.4 Å². The van der Waals surface area contributed by atoms with Crippen molar-refractivity contribution >= 4 is 19.7 Å². The molecule has 2 aromatic rings. The number of epoxide rings is 1. The van der Waals surface area contributed by atoms with Crippen molar-refractivity contribution < 1.29 is 55.8 Å². The van der Waals surface area contributed by atoms with Gasteiger partial charge in [0.15, 0.2) is 19.7 Å². The summed E-state index contributed by atoms with van der Waals surface area (Å²) >= 11 is 0. The van der Waals surface area contributed by atoms with E-state index in [0.717, 1.165) is 94.0 Å². The quantitative estimate of drug-likeness (QED) is 0.115. The molecule has 1 saturated heterocycles. The predicted octanol–water partition coefficient (Wildman–Crippen LogP) is 17.4. The van der Waals surface area contributed by atoms with Gasteiger partial charge in [0.05, 0.1) is 49.8 Å². The molecule has 10 aliphatic carbocycles. The third kappa shape index (κ3) is 16.3. The molecule has 0 bridgehead atoms. The van der Waals surface area contributed by atoms with Gasteiger partial charge < -0.3 is 27.0 Å². The number of ether oxygens (including phenoxy) is 1. The average molecular weight is 1350 g/mol. The molecule has 13 rings (SSSR count). The van der Waals surface area contributed by atoms with Gasteiger partial charge in [-0.25, -0.2) is 16.8 Å². The number of unbranched alkanes of at least 4 members (excludes halogenated alkanes) is 1. The van der Waals surface area contributed by atoms with Crippen LogP contribution in [0, 0.1) is 122 Å². The average Bonchev–Trinajstić information content (AvgIpc) is 1.69. The van der Waals surface area contributed by atoms with Crippen molar-refractivity contribution in [3.63, 3.8) is 0 Å². The molecule has 95 heavy (non-hydrogen) atoms. The number of sulfone groups is 2. The van der Waals surface area contributed by atoms with E-state index in [0.29, 0.717) is 92.3 Å². The van der Waals surface area contributed by atoms with Crippen LogP contribution in [0.4, 0.5) is 0 Å². The fourth-order valence-corrected chi connectivity index (χ4v) is 28.4. The first-order valence-corrected chi connectivity index (χ1v) is 42.2. The van der Waals surface area contributed by atoms with Gasteiger partial charge in [-0.15, -0.1) is 0 Å². The Bertz CT molecular complexity index is 3040. The molecular weight excluding hydrogens is 1210 g/mol. The van der Waals surface area contributed by atoms with E-state index >= 15 is 0 Å². The van der Waals surface area contributed by atoms with Crippen LogP contribution in [0.5, 0.6) is 0 Å². The largest absolute Gasteiger partial charge is 1.00 e. The van der Waals surface area contributed by atoms with Gasteiger partial charge in [-0.05, 0) is 327 Å². The van der Waals surface area contributed by atoms with Crippen LogP contribution in [-0.4, -0.2) is 72.2 Å². The van der Waals surface area contributed by atoms with Crippen LogP contribution in [0.15, 0.2) is 70.5 Å². The third-order valence-electron chi connectivity index (χ3n) is 30.8. The Morgan fingerprint density at radius 2 is 0.916 bits per heavy atom. The van der Waals surface area contributed by atoms with Crippen molar-refractivity contribution in [3.05, 3.63) is 67.6 Å². The molecule has 0 amide bonds. The maximum Gasteiger partial charge on any atom is 1.00 e. The first-order chi connectivity index (χ1) is 43.8. The molecule has 1 spiro atoms. The molecule has 2 aromatic carbocycles. The molecule has 1 aliphatic heterocycles. The smallest absolute Gasteiger partial charge is 0.390 e. The minimum atomic E-state index is -3.63. The zero-order valence-electron chi connectivity index (χ0n) is 63.3. The molecule has 11 heteroatoms. The Morgan fingerprint density at radius 1 is 0.516 bits per heavy atom. The van der Waals surface area contributed by atoms with E-state index in [1.165, 1.54) is 109 Å². The third-order valence-corrected chi connectivity index (χ3v) is 35.0. The summed E-state index contributed by atoms with van der Waals surface area (Å²) in [7, 11) is -6.87. The van der Waals surface area contributed by atoms with Gasteiger partial charge in [0, 0.05) is 0 Å².